The second-order valence-corrected chi connectivity index (χ2v) is 11.5. The molecule has 4 aromatic carbocycles. The van der Waals surface area contributed by atoms with Crippen molar-refractivity contribution in [3.63, 3.8) is 0 Å². The van der Waals surface area contributed by atoms with Crippen molar-refractivity contribution in [2.45, 2.75) is 64.5 Å². The molecule has 0 bridgehead atoms. The zero-order valence-corrected chi connectivity index (χ0v) is 24.0. The quantitative estimate of drug-likeness (QED) is 0.185. The molecule has 5 rings (SSSR count). The van der Waals surface area contributed by atoms with Crippen molar-refractivity contribution in [2.24, 2.45) is 0 Å². The molecule has 4 nitrogen and oxygen atoms in total. The summed E-state index contributed by atoms with van der Waals surface area (Å²) in [5.41, 5.74) is 8.50. The number of para-hydroxylation sites is 2. The summed E-state index contributed by atoms with van der Waals surface area (Å²) in [5.74, 6) is 0. The highest BCUT2D eigenvalue weighted by Crippen LogP contribution is 2.32. The minimum Gasteiger partial charge on any atom is -0.394 e. The summed E-state index contributed by atoms with van der Waals surface area (Å²) in [7, 11) is 0. The summed E-state index contributed by atoms with van der Waals surface area (Å²) in [6.07, 6.45) is 4.25. The number of benzene rings is 4. The number of fused-ring (bicyclic) bond motifs is 1. The van der Waals surface area contributed by atoms with Gasteiger partial charge in [0.25, 0.3) is 0 Å². The summed E-state index contributed by atoms with van der Waals surface area (Å²) >= 11 is 0. The van der Waals surface area contributed by atoms with Crippen LogP contribution >= 0.6 is 0 Å². The Hall–Kier alpha value is -3.89. The molecule has 2 N–H and O–H groups in total. The monoisotopic (exact) mass is 531 g/mol. The molecule has 2 atom stereocenters. The fourth-order valence-corrected chi connectivity index (χ4v) is 5.98. The third-order valence-electron chi connectivity index (χ3n) is 8.33. The Labute approximate surface area is 238 Å². The first-order chi connectivity index (χ1) is 19.4. The Kier molecular flexibility index (Phi) is 8.37. The number of aromatic nitrogens is 2. The van der Waals surface area contributed by atoms with Crippen molar-refractivity contribution in [3.05, 3.63) is 137 Å². The van der Waals surface area contributed by atoms with Crippen LogP contribution in [-0.2, 0) is 24.8 Å². The van der Waals surface area contributed by atoms with Gasteiger partial charge in [-0.25, -0.2) is 0 Å². The van der Waals surface area contributed by atoms with Gasteiger partial charge < -0.3 is 14.2 Å². The number of hydrogen-bond donors (Lipinski definition) is 2. The molecule has 5 aromatic rings. The zero-order chi connectivity index (χ0) is 28.1. The molecule has 0 aliphatic carbocycles. The Morgan fingerprint density at radius 2 is 1.25 bits per heavy atom. The van der Waals surface area contributed by atoms with E-state index in [4.69, 9.17) is 0 Å². The molecule has 40 heavy (non-hydrogen) atoms. The van der Waals surface area contributed by atoms with Gasteiger partial charge in [0.1, 0.15) is 0 Å². The fraction of sp³-hybridized carbons (Fsp3) is 0.306. The normalized spacial score (nSPS) is 13.8. The van der Waals surface area contributed by atoms with Crippen molar-refractivity contribution < 1.29 is 5.11 Å². The standard InChI is InChI=1S/C36H41N3O/c1-27-13-17-29(18-14-27)21-22-32(26-40)38-33-11-7-8-12-34(33)39(35(38)37)36(3,25-31-9-5-4-6-10-31)24-23-30-19-15-28(2)16-20-30/h4-20,32,37,40H,21-26H2,1-3H3. The van der Waals surface area contributed by atoms with Crippen LogP contribution in [0.25, 0.3) is 11.0 Å². The van der Waals surface area contributed by atoms with Gasteiger partial charge in [0.15, 0.2) is 0 Å². The lowest BCUT2D eigenvalue weighted by atomic mass is 9.86. The SMILES string of the molecule is Cc1ccc(CCC(CO)n2c(=N)n(C(C)(CCc3ccc(C)cc3)Cc3ccccc3)c3ccccc32)cc1. The van der Waals surface area contributed by atoms with Crippen molar-refractivity contribution in [3.8, 4) is 0 Å². The predicted octanol–water partition coefficient (Wildman–Crippen LogP) is 7.30. The first-order valence-corrected chi connectivity index (χ1v) is 14.4. The van der Waals surface area contributed by atoms with Crippen LogP contribution in [0, 0.1) is 19.3 Å². The smallest absolute Gasteiger partial charge is 0.203 e. The van der Waals surface area contributed by atoms with E-state index in [9.17, 15) is 10.5 Å². The van der Waals surface area contributed by atoms with Crippen LogP contribution in [0.15, 0.2) is 103 Å². The maximum absolute atomic E-state index is 10.6. The molecule has 2 unspecified atom stereocenters. The van der Waals surface area contributed by atoms with Crippen LogP contribution in [0.5, 0.6) is 0 Å². The Morgan fingerprint density at radius 3 is 1.85 bits per heavy atom. The zero-order valence-electron chi connectivity index (χ0n) is 24.0. The van der Waals surface area contributed by atoms with Crippen LogP contribution in [-0.4, -0.2) is 20.8 Å². The number of nitrogens with zero attached hydrogens (tertiary/aromatic N) is 2. The highest BCUT2D eigenvalue weighted by Gasteiger charge is 2.32. The van der Waals surface area contributed by atoms with Crippen LogP contribution < -0.4 is 5.62 Å². The molecule has 0 aliphatic heterocycles. The van der Waals surface area contributed by atoms with Crippen LogP contribution in [0.1, 0.15) is 53.6 Å². The number of hydrogen-bond acceptors (Lipinski definition) is 2. The average Bonchev–Trinajstić information content (AvgIpc) is 3.27. The van der Waals surface area contributed by atoms with Crippen molar-refractivity contribution >= 4 is 11.0 Å². The lowest BCUT2D eigenvalue weighted by Crippen LogP contribution is -2.42. The molecule has 0 saturated heterocycles. The largest absolute Gasteiger partial charge is 0.394 e. The van der Waals surface area contributed by atoms with Gasteiger partial charge in [-0.3, -0.25) is 5.41 Å². The van der Waals surface area contributed by atoms with Crippen LogP contribution in [0.4, 0.5) is 0 Å². The summed E-state index contributed by atoms with van der Waals surface area (Å²) in [5, 5.41) is 20.2. The van der Waals surface area contributed by atoms with E-state index in [1.165, 1.54) is 27.8 Å². The number of aliphatic hydroxyl groups is 1. The van der Waals surface area contributed by atoms with E-state index in [0.717, 1.165) is 43.1 Å². The molecule has 0 amide bonds. The van der Waals surface area contributed by atoms with Gasteiger partial charge in [-0.05, 0) is 81.7 Å². The molecular weight excluding hydrogens is 490 g/mol. The van der Waals surface area contributed by atoms with E-state index in [2.05, 4.69) is 127 Å². The molecule has 0 aliphatic rings. The highest BCUT2D eigenvalue weighted by molar-refractivity contribution is 5.76. The number of nitrogens with one attached hydrogen (secondary N) is 1. The van der Waals surface area contributed by atoms with Gasteiger partial charge in [-0.15, -0.1) is 0 Å². The average molecular weight is 532 g/mol. The molecule has 0 spiro atoms. The molecule has 0 saturated carbocycles. The second kappa shape index (κ2) is 12.1. The summed E-state index contributed by atoms with van der Waals surface area (Å²) < 4.78 is 4.30. The van der Waals surface area contributed by atoms with E-state index in [0.29, 0.717) is 5.62 Å². The molecule has 0 fully saturated rings. The summed E-state index contributed by atoms with van der Waals surface area (Å²) in [6, 6.07) is 36.2. The highest BCUT2D eigenvalue weighted by atomic mass is 16.3. The molecule has 1 heterocycles. The van der Waals surface area contributed by atoms with Gasteiger partial charge in [0.05, 0.1) is 23.7 Å². The lowest BCUT2D eigenvalue weighted by Gasteiger charge is -2.33. The van der Waals surface area contributed by atoms with E-state index in [1.807, 2.05) is 6.07 Å². The van der Waals surface area contributed by atoms with E-state index in [-0.39, 0.29) is 18.2 Å². The van der Waals surface area contributed by atoms with Gasteiger partial charge >= 0.3 is 0 Å². The van der Waals surface area contributed by atoms with Gasteiger partial charge in [0, 0.05) is 5.54 Å². The topological polar surface area (TPSA) is 53.9 Å². The van der Waals surface area contributed by atoms with Crippen LogP contribution in [0.2, 0.25) is 0 Å². The van der Waals surface area contributed by atoms with Gasteiger partial charge in [-0.1, -0.05) is 102 Å². The maximum Gasteiger partial charge on any atom is 0.203 e. The molecule has 206 valence electrons. The number of imidazole rings is 1. The number of aliphatic hydroxyl groups excluding tert-OH is 1. The minimum absolute atomic E-state index is 0.00478. The van der Waals surface area contributed by atoms with Crippen molar-refractivity contribution in [2.75, 3.05) is 6.61 Å². The van der Waals surface area contributed by atoms with Crippen LogP contribution in [0.3, 0.4) is 0 Å². The third kappa shape index (κ3) is 5.97. The Bertz CT molecular complexity index is 1600. The van der Waals surface area contributed by atoms with E-state index in [1.54, 1.807) is 0 Å². The van der Waals surface area contributed by atoms with E-state index >= 15 is 0 Å². The molecule has 1 aromatic heterocycles. The predicted molar refractivity (Wildman–Crippen MR) is 165 cm³/mol. The molecule has 4 heteroatoms. The van der Waals surface area contributed by atoms with Gasteiger partial charge in [0.2, 0.25) is 5.62 Å². The third-order valence-corrected chi connectivity index (χ3v) is 8.33. The summed E-state index contributed by atoms with van der Waals surface area (Å²) in [6.45, 7) is 6.51. The Balaban J connectivity index is 1.56. The second-order valence-electron chi connectivity index (χ2n) is 11.5. The minimum atomic E-state index is -0.342. The van der Waals surface area contributed by atoms with Crippen molar-refractivity contribution in [1.29, 1.82) is 5.41 Å². The first-order valence-electron chi connectivity index (χ1n) is 14.4. The fourth-order valence-electron chi connectivity index (χ4n) is 5.98. The maximum atomic E-state index is 10.6. The molecular formula is C36H41N3O. The summed E-state index contributed by atoms with van der Waals surface area (Å²) in [4.78, 5) is 0. The number of rotatable bonds is 11. The first kappa shape index (κ1) is 27.7. The van der Waals surface area contributed by atoms with Crippen molar-refractivity contribution in [1.82, 2.24) is 9.13 Å². The Morgan fingerprint density at radius 1 is 0.700 bits per heavy atom. The molecule has 0 radical (unpaired) electrons. The number of aryl methyl sites for hydroxylation is 4. The van der Waals surface area contributed by atoms with E-state index < -0.39 is 0 Å². The van der Waals surface area contributed by atoms with Gasteiger partial charge in [-0.2, -0.15) is 0 Å². The lowest BCUT2D eigenvalue weighted by molar-refractivity contribution is 0.213.